The molecular formula is C24H24N2O5S2. The average molecular weight is 485 g/mol. The molecule has 2 aromatic carbocycles. The summed E-state index contributed by atoms with van der Waals surface area (Å²) in [5.41, 5.74) is 1.55. The molecule has 0 saturated carbocycles. The fourth-order valence-electron chi connectivity index (χ4n) is 3.70. The van der Waals surface area contributed by atoms with Crippen LogP contribution in [-0.2, 0) is 14.8 Å². The van der Waals surface area contributed by atoms with Crippen molar-refractivity contribution in [1.29, 1.82) is 0 Å². The van der Waals surface area contributed by atoms with Crippen LogP contribution in [0.25, 0.3) is 10.4 Å². The van der Waals surface area contributed by atoms with Crippen LogP contribution in [0.2, 0.25) is 0 Å². The van der Waals surface area contributed by atoms with E-state index in [2.05, 4.69) is 5.32 Å². The van der Waals surface area contributed by atoms with Crippen LogP contribution in [0.5, 0.6) is 0 Å². The van der Waals surface area contributed by atoms with Crippen molar-refractivity contribution in [3.05, 3.63) is 71.1 Å². The van der Waals surface area contributed by atoms with Gasteiger partial charge in [0, 0.05) is 23.5 Å². The summed E-state index contributed by atoms with van der Waals surface area (Å²) < 4.78 is 32.0. The quantitative estimate of drug-likeness (QED) is 0.515. The fourth-order valence-corrected chi connectivity index (χ4v) is 6.25. The van der Waals surface area contributed by atoms with Gasteiger partial charge in [0.05, 0.1) is 17.7 Å². The summed E-state index contributed by atoms with van der Waals surface area (Å²) in [6.07, 6.45) is 2.75. The minimum Gasteiger partial charge on any atom is -0.465 e. The molecule has 33 heavy (non-hydrogen) atoms. The lowest BCUT2D eigenvalue weighted by atomic mass is 10.2. The van der Waals surface area contributed by atoms with Gasteiger partial charge in [0.25, 0.3) is 5.91 Å². The number of thiophene rings is 1. The Bertz CT molecular complexity index is 1250. The standard InChI is InChI=1S/C24H24N2O5S2/c1-31-24(28)22-20(16-21(32-22)17-8-4-2-5-9-17)25-23(27)18-10-12-19(13-11-18)33(29,30)26-14-6-3-7-15-26/h2,4-5,8-13,16H,3,6-7,14-15H2,1H3,(H,25,27). The molecule has 0 radical (unpaired) electrons. The van der Waals surface area contributed by atoms with Crippen LogP contribution in [0.4, 0.5) is 5.69 Å². The smallest absolute Gasteiger partial charge is 0.350 e. The third-order valence-electron chi connectivity index (χ3n) is 5.48. The van der Waals surface area contributed by atoms with Crippen molar-refractivity contribution < 1.29 is 22.7 Å². The van der Waals surface area contributed by atoms with Crippen molar-refractivity contribution >= 4 is 38.9 Å². The van der Waals surface area contributed by atoms with Gasteiger partial charge < -0.3 is 10.1 Å². The first-order valence-corrected chi connectivity index (χ1v) is 12.8. The highest BCUT2D eigenvalue weighted by atomic mass is 32.2. The van der Waals surface area contributed by atoms with Crippen molar-refractivity contribution in [2.24, 2.45) is 0 Å². The van der Waals surface area contributed by atoms with Gasteiger partial charge in [-0.2, -0.15) is 4.31 Å². The molecule has 4 rings (SSSR count). The molecule has 3 aromatic rings. The zero-order valence-electron chi connectivity index (χ0n) is 18.1. The lowest BCUT2D eigenvalue weighted by Crippen LogP contribution is -2.35. The van der Waals surface area contributed by atoms with Crippen LogP contribution in [-0.4, -0.2) is 44.8 Å². The summed E-state index contributed by atoms with van der Waals surface area (Å²) in [5.74, 6) is -0.986. The monoisotopic (exact) mass is 484 g/mol. The summed E-state index contributed by atoms with van der Waals surface area (Å²) in [7, 11) is -2.28. The van der Waals surface area contributed by atoms with Crippen LogP contribution in [0.3, 0.4) is 0 Å². The van der Waals surface area contributed by atoms with Crippen LogP contribution >= 0.6 is 11.3 Å². The molecule has 0 spiro atoms. The molecule has 2 heterocycles. The van der Waals surface area contributed by atoms with Crippen LogP contribution < -0.4 is 5.32 Å². The maximum atomic E-state index is 12.9. The highest BCUT2D eigenvalue weighted by molar-refractivity contribution is 7.89. The SMILES string of the molecule is COC(=O)c1sc(-c2ccccc2)cc1NC(=O)c1ccc(S(=O)(=O)N2CCCCC2)cc1. The highest BCUT2D eigenvalue weighted by Crippen LogP contribution is 2.35. The minimum atomic E-state index is -3.57. The number of ether oxygens (including phenoxy) is 1. The Hall–Kier alpha value is -3.01. The van der Waals surface area contributed by atoms with E-state index in [4.69, 9.17) is 4.74 Å². The van der Waals surface area contributed by atoms with E-state index in [-0.39, 0.29) is 15.3 Å². The summed E-state index contributed by atoms with van der Waals surface area (Å²) in [4.78, 5) is 26.4. The van der Waals surface area contributed by atoms with Crippen molar-refractivity contribution in [2.75, 3.05) is 25.5 Å². The number of carbonyl (C=O) groups excluding carboxylic acids is 2. The number of hydrogen-bond acceptors (Lipinski definition) is 6. The summed E-state index contributed by atoms with van der Waals surface area (Å²) >= 11 is 1.23. The summed E-state index contributed by atoms with van der Waals surface area (Å²) in [6, 6.07) is 17.1. The molecule has 1 aliphatic rings. The summed E-state index contributed by atoms with van der Waals surface area (Å²) in [5, 5.41) is 2.76. The van der Waals surface area contributed by atoms with Gasteiger partial charge in [-0.25, -0.2) is 13.2 Å². The van der Waals surface area contributed by atoms with Gasteiger partial charge in [-0.3, -0.25) is 4.79 Å². The number of carbonyl (C=O) groups is 2. The van der Waals surface area contributed by atoms with Crippen LogP contribution in [0, 0.1) is 0 Å². The van der Waals surface area contributed by atoms with Gasteiger partial charge in [-0.05, 0) is 48.7 Å². The van der Waals surface area contributed by atoms with Gasteiger partial charge in [0.2, 0.25) is 10.0 Å². The molecule has 0 bridgehead atoms. The van der Waals surface area contributed by atoms with E-state index in [1.165, 1.54) is 47.0 Å². The zero-order valence-corrected chi connectivity index (χ0v) is 19.7. The number of nitrogens with zero attached hydrogens (tertiary/aromatic N) is 1. The van der Waals surface area contributed by atoms with Crippen LogP contribution in [0.1, 0.15) is 39.3 Å². The Labute approximate surface area is 197 Å². The van der Waals surface area contributed by atoms with Crippen molar-refractivity contribution in [3.8, 4) is 10.4 Å². The molecular weight excluding hydrogens is 460 g/mol. The molecule has 0 unspecified atom stereocenters. The molecule has 1 fully saturated rings. The lowest BCUT2D eigenvalue weighted by molar-refractivity contribution is 0.0607. The molecule has 9 heteroatoms. The highest BCUT2D eigenvalue weighted by Gasteiger charge is 2.26. The second-order valence-corrected chi connectivity index (χ2v) is 10.6. The predicted octanol–water partition coefficient (Wildman–Crippen LogP) is 4.63. The van der Waals surface area contributed by atoms with E-state index in [9.17, 15) is 18.0 Å². The zero-order chi connectivity index (χ0) is 23.4. The molecule has 7 nitrogen and oxygen atoms in total. The van der Waals surface area contributed by atoms with E-state index in [1.54, 1.807) is 6.07 Å². The number of hydrogen-bond donors (Lipinski definition) is 1. The number of rotatable bonds is 6. The van der Waals surface area contributed by atoms with Crippen molar-refractivity contribution in [3.63, 3.8) is 0 Å². The van der Waals surface area contributed by atoms with E-state index < -0.39 is 21.9 Å². The topological polar surface area (TPSA) is 92.8 Å². The number of sulfonamides is 1. The molecule has 0 aliphatic carbocycles. The molecule has 1 N–H and O–H groups in total. The normalized spacial score (nSPS) is 14.6. The van der Waals surface area contributed by atoms with Gasteiger partial charge in [-0.1, -0.05) is 36.8 Å². The lowest BCUT2D eigenvalue weighted by Gasteiger charge is -2.25. The van der Waals surface area contributed by atoms with E-state index in [0.717, 1.165) is 29.7 Å². The molecule has 1 aromatic heterocycles. The third kappa shape index (κ3) is 5.00. The number of esters is 1. The van der Waals surface area contributed by atoms with Crippen LogP contribution in [0.15, 0.2) is 65.6 Å². The third-order valence-corrected chi connectivity index (χ3v) is 8.56. The number of methoxy groups -OCH3 is 1. The molecule has 1 aliphatic heterocycles. The minimum absolute atomic E-state index is 0.165. The Morgan fingerprint density at radius 1 is 0.970 bits per heavy atom. The second kappa shape index (κ2) is 9.86. The maximum Gasteiger partial charge on any atom is 0.350 e. The number of nitrogens with one attached hydrogen (secondary N) is 1. The Balaban J connectivity index is 1.55. The second-order valence-electron chi connectivity index (χ2n) is 7.65. The summed E-state index contributed by atoms with van der Waals surface area (Å²) in [6.45, 7) is 1.03. The number of piperidine rings is 1. The number of benzene rings is 2. The molecule has 172 valence electrons. The van der Waals surface area contributed by atoms with Crippen molar-refractivity contribution in [2.45, 2.75) is 24.2 Å². The molecule has 1 amide bonds. The Morgan fingerprint density at radius 2 is 1.64 bits per heavy atom. The van der Waals surface area contributed by atoms with Crippen molar-refractivity contribution in [1.82, 2.24) is 4.31 Å². The van der Waals surface area contributed by atoms with Gasteiger partial charge in [0.1, 0.15) is 4.88 Å². The van der Waals surface area contributed by atoms with Gasteiger partial charge >= 0.3 is 5.97 Å². The Kier molecular flexibility index (Phi) is 6.92. The van der Waals surface area contributed by atoms with Gasteiger partial charge in [-0.15, -0.1) is 11.3 Å². The predicted molar refractivity (Wildman–Crippen MR) is 128 cm³/mol. The van der Waals surface area contributed by atoms with E-state index >= 15 is 0 Å². The number of amides is 1. The first-order chi connectivity index (χ1) is 15.9. The van der Waals surface area contributed by atoms with E-state index in [0.29, 0.717) is 18.8 Å². The van der Waals surface area contributed by atoms with Gasteiger partial charge in [0.15, 0.2) is 0 Å². The maximum absolute atomic E-state index is 12.9. The first-order valence-electron chi connectivity index (χ1n) is 10.6. The fraction of sp³-hybridized carbons (Fsp3) is 0.250. The molecule has 0 atom stereocenters. The average Bonchev–Trinajstić information content (AvgIpc) is 3.28. The Morgan fingerprint density at radius 3 is 2.27 bits per heavy atom. The number of anilines is 1. The molecule has 1 saturated heterocycles. The van der Waals surface area contributed by atoms with E-state index in [1.807, 2.05) is 30.3 Å². The largest absolute Gasteiger partial charge is 0.465 e. The first kappa shape index (κ1) is 23.2.